The Balaban J connectivity index is 1.53. The van der Waals surface area contributed by atoms with Crippen molar-refractivity contribution in [1.82, 2.24) is 15.5 Å². The molecule has 2 aliphatic rings. The fraction of sp³-hybridized carbons (Fsp3) is 0.364. The van der Waals surface area contributed by atoms with Crippen molar-refractivity contribution in [2.24, 2.45) is 0 Å². The molecule has 0 aliphatic carbocycles. The molecule has 1 aromatic carbocycles. The second-order valence-electron chi connectivity index (χ2n) is 7.26. The summed E-state index contributed by atoms with van der Waals surface area (Å²) in [5.74, 6) is 0.0450. The van der Waals surface area contributed by atoms with Gasteiger partial charge >= 0.3 is 12.0 Å². The van der Waals surface area contributed by atoms with Gasteiger partial charge in [-0.2, -0.15) is 0 Å². The third-order valence-electron chi connectivity index (χ3n) is 5.35. The molecule has 8 heteroatoms. The van der Waals surface area contributed by atoms with E-state index in [2.05, 4.69) is 32.6 Å². The number of urea groups is 1. The van der Waals surface area contributed by atoms with Gasteiger partial charge in [0.2, 0.25) is 0 Å². The third kappa shape index (κ3) is 4.33. The summed E-state index contributed by atoms with van der Waals surface area (Å²) in [5.41, 5.74) is 2.15. The fourth-order valence-corrected chi connectivity index (χ4v) is 3.89. The Labute approximate surface area is 175 Å². The number of nitrogens with zero attached hydrogens (tertiary/aromatic N) is 2. The van der Waals surface area contributed by atoms with Crippen LogP contribution in [-0.2, 0) is 9.53 Å². The van der Waals surface area contributed by atoms with Gasteiger partial charge in [0.1, 0.15) is 11.8 Å². The highest BCUT2D eigenvalue weighted by Gasteiger charge is 2.36. The summed E-state index contributed by atoms with van der Waals surface area (Å²) in [6.45, 7) is 5.87. The van der Waals surface area contributed by atoms with Crippen molar-refractivity contribution in [1.29, 1.82) is 0 Å². The molecule has 0 unspecified atom stereocenters. The van der Waals surface area contributed by atoms with Crippen molar-refractivity contribution in [3.8, 4) is 0 Å². The van der Waals surface area contributed by atoms with E-state index < -0.39 is 12.0 Å². The zero-order valence-electron chi connectivity index (χ0n) is 17.0. The highest BCUT2D eigenvalue weighted by atomic mass is 16.5. The Bertz CT molecular complexity index is 902. The molecule has 1 aromatic heterocycles. The lowest BCUT2D eigenvalue weighted by molar-refractivity contribution is -0.139. The number of furan rings is 1. The van der Waals surface area contributed by atoms with Gasteiger partial charge in [0, 0.05) is 44.1 Å². The Morgan fingerprint density at radius 2 is 1.90 bits per heavy atom. The number of hydrogen-bond acceptors (Lipinski definition) is 6. The van der Waals surface area contributed by atoms with E-state index in [1.807, 2.05) is 18.2 Å². The SMILES string of the molecule is CCOC(=O)C1=C(CN2CCN(c3ccccc3)CC2)NC(=O)N[C@@H]1c1ccco1. The molecule has 158 valence electrons. The second-order valence-corrected chi connectivity index (χ2v) is 7.26. The van der Waals surface area contributed by atoms with Gasteiger partial charge in [-0.25, -0.2) is 9.59 Å². The van der Waals surface area contributed by atoms with Gasteiger partial charge in [-0.1, -0.05) is 18.2 Å². The number of benzene rings is 1. The van der Waals surface area contributed by atoms with E-state index in [1.165, 1.54) is 12.0 Å². The maximum atomic E-state index is 12.8. The van der Waals surface area contributed by atoms with E-state index in [1.54, 1.807) is 19.1 Å². The predicted octanol–water partition coefficient (Wildman–Crippen LogP) is 2.27. The lowest BCUT2D eigenvalue weighted by Gasteiger charge is -2.37. The minimum absolute atomic E-state index is 0.254. The van der Waals surface area contributed by atoms with Crippen molar-refractivity contribution in [2.45, 2.75) is 13.0 Å². The van der Waals surface area contributed by atoms with Gasteiger partial charge < -0.3 is 24.7 Å². The topological polar surface area (TPSA) is 87.0 Å². The molecular weight excluding hydrogens is 384 g/mol. The van der Waals surface area contributed by atoms with E-state index in [0.717, 1.165) is 26.2 Å². The average Bonchev–Trinajstić information content (AvgIpc) is 3.29. The number of nitrogens with one attached hydrogen (secondary N) is 2. The number of para-hydroxylation sites is 1. The van der Waals surface area contributed by atoms with E-state index in [4.69, 9.17) is 9.15 Å². The van der Waals surface area contributed by atoms with Crippen molar-refractivity contribution < 1.29 is 18.7 Å². The maximum absolute atomic E-state index is 12.8. The van der Waals surface area contributed by atoms with Gasteiger partial charge in [-0.15, -0.1) is 0 Å². The fourth-order valence-electron chi connectivity index (χ4n) is 3.89. The summed E-state index contributed by atoms with van der Waals surface area (Å²) in [6, 6.07) is 12.7. The minimum atomic E-state index is -0.673. The predicted molar refractivity (Wildman–Crippen MR) is 112 cm³/mol. The van der Waals surface area contributed by atoms with Crippen molar-refractivity contribution in [3.05, 3.63) is 65.8 Å². The highest BCUT2D eigenvalue weighted by molar-refractivity contribution is 5.95. The zero-order valence-corrected chi connectivity index (χ0v) is 17.0. The molecule has 8 nitrogen and oxygen atoms in total. The van der Waals surface area contributed by atoms with Gasteiger partial charge in [-0.05, 0) is 31.2 Å². The van der Waals surface area contributed by atoms with Crippen LogP contribution in [0.3, 0.4) is 0 Å². The molecule has 4 rings (SSSR count). The van der Waals surface area contributed by atoms with Gasteiger partial charge in [0.05, 0.1) is 18.4 Å². The molecule has 0 radical (unpaired) electrons. The van der Waals surface area contributed by atoms with Crippen LogP contribution in [-0.4, -0.2) is 56.2 Å². The number of ether oxygens (including phenoxy) is 1. The first-order chi connectivity index (χ1) is 14.7. The molecule has 1 atom stereocenters. The van der Waals surface area contributed by atoms with Crippen molar-refractivity contribution in [2.75, 3.05) is 44.2 Å². The Kier molecular flexibility index (Phi) is 6.04. The largest absolute Gasteiger partial charge is 0.467 e. The van der Waals surface area contributed by atoms with E-state index in [-0.39, 0.29) is 12.6 Å². The number of esters is 1. The number of hydrogen-bond donors (Lipinski definition) is 2. The number of carbonyl (C=O) groups is 2. The van der Waals surface area contributed by atoms with Crippen LogP contribution in [0.2, 0.25) is 0 Å². The number of carbonyl (C=O) groups excluding carboxylic acids is 2. The van der Waals surface area contributed by atoms with Crippen LogP contribution < -0.4 is 15.5 Å². The normalized spacial score (nSPS) is 20.0. The molecule has 2 amide bonds. The summed E-state index contributed by atoms with van der Waals surface area (Å²) >= 11 is 0. The molecule has 2 aromatic rings. The number of piperazine rings is 1. The third-order valence-corrected chi connectivity index (χ3v) is 5.35. The summed E-state index contributed by atoms with van der Waals surface area (Å²) < 4.78 is 10.8. The summed E-state index contributed by atoms with van der Waals surface area (Å²) in [7, 11) is 0. The standard InChI is InChI=1S/C22H26N4O4/c1-2-29-21(27)19-17(23-22(28)24-20(19)18-9-6-14-30-18)15-25-10-12-26(13-11-25)16-7-4-3-5-8-16/h3-9,14,20H,2,10-13,15H2,1H3,(H2,23,24,28)/t20-/m1/s1. The second kappa shape index (κ2) is 9.04. The van der Waals surface area contributed by atoms with Crippen molar-refractivity contribution >= 4 is 17.7 Å². The van der Waals surface area contributed by atoms with Gasteiger partial charge in [0.25, 0.3) is 0 Å². The summed E-state index contributed by atoms with van der Waals surface area (Å²) in [6.07, 6.45) is 1.52. The number of rotatable bonds is 6. The van der Waals surface area contributed by atoms with Crippen LogP contribution in [0.1, 0.15) is 18.7 Å². The summed E-state index contributed by atoms with van der Waals surface area (Å²) in [5, 5.41) is 5.59. The molecule has 0 spiro atoms. The molecule has 0 saturated carbocycles. The molecular formula is C22H26N4O4. The van der Waals surface area contributed by atoms with E-state index in [0.29, 0.717) is 23.6 Å². The molecule has 30 heavy (non-hydrogen) atoms. The minimum Gasteiger partial charge on any atom is -0.467 e. The quantitative estimate of drug-likeness (QED) is 0.711. The molecule has 3 heterocycles. The molecule has 0 bridgehead atoms. The lowest BCUT2D eigenvalue weighted by Crippen LogP contribution is -2.51. The van der Waals surface area contributed by atoms with Crippen LogP contribution in [0.15, 0.2) is 64.4 Å². The van der Waals surface area contributed by atoms with E-state index >= 15 is 0 Å². The Hall–Kier alpha value is -3.26. The van der Waals surface area contributed by atoms with Crippen LogP contribution in [0.4, 0.5) is 10.5 Å². The first-order valence-electron chi connectivity index (χ1n) is 10.2. The monoisotopic (exact) mass is 410 g/mol. The van der Waals surface area contributed by atoms with Crippen LogP contribution in [0, 0.1) is 0 Å². The average molecular weight is 410 g/mol. The maximum Gasteiger partial charge on any atom is 0.338 e. The first-order valence-corrected chi connectivity index (χ1v) is 10.2. The Morgan fingerprint density at radius 3 is 2.57 bits per heavy atom. The lowest BCUT2D eigenvalue weighted by atomic mass is 9.99. The molecule has 1 fully saturated rings. The van der Waals surface area contributed by atoms with Crippen molar-refractivity contribution in [3.63, 3.8) is 0 Å². The molecule has 2 aliphatic heterocycles. The highest BCUT2D eigenvalue weighted by Crippen LogP contribution is 2.28. The summed E-state index contributed by atoms with van der Waals surface area (Å²) in [4.78, 5) is 29.6. The Morgan fingerprint density at radius 1 is 1.13 bits per heavy atom. The molecule has 1 saturated heterocycles. The van der Waals surface area contributed by atoms with Gasteiger partial charge in [0.15, 0.2) is 0 Å². The van der Waals surface area contributed by atoms with E-state index in [9.17, 15) is 9.59 Å². The van der Waals surface area contributed by atoms with Crippen LogP contribution in [0.5, 0.6) is 0 Å². The first kappa shape index (κ1) is 20.0. The van der Waals surface area contributed by atoms with Crippen LogP contribution in [0.25, 0.3) is 0 Å². The number of amides is 2. The van der Waals surface area contributed by atoms with Crippen LogP contribution >= 0.6 is 0 Å². The smallest absolute Gasteiger partial charge is 0.338 e. The number of anilines is 1. The van der Waals surface area contributed by atoms with Gasteiger partial charge in [-0.3, -0.25) is 4.90 Å². The molecule has 2 N–H and O–H groups in total. The zero-order chi connectivity index (χ0) is 20.9.